The van der Waals surface area contributed by atoms with E-state index in [1.807, 2.05) is 12.4 Å². The van der Waals surface area contributed by atoms with E-state index in [1.165, 1.54) is 95.5 Å². The monoisotopic (exact) mass is 450 g/mol. The molecule has 3 heteroatoms. The van der Waals surface area contributed by atoms with Crippen LogP contribution >= 0.6 is 0 Å². The molecule has 1 saturated carbocycles. The van der Waals surface area contributed by atoms with Gasteiger partial charge in [-0.15, -0.1) is 0 Å². The largest absolute Gasteiger partial charge is 0.493 e. The summed E-state index contributed by atoms with van der Waals surface area (Å²) in [5, 5.41) is 0. The number of benzene rings is 1. The number of hydrogen-bond acceptors (Lipinski definition) is 3. The number of rotatable bonds is 15. The fourth-order valence-electron chi connectivity index (χ4n) is 5.01. The first-order valence-corrected chi connectivity index (χ1v) is 13.8. The number of aromatic nitrogens is 2. The van der Waals surface area contributed by atoms with Gasteiger partial charge in [0.15, 0.2) is 5.82 Å². The lowest BCUT2D eigenvalue weighted by Crippen LogP contribution is -2.20. The maximum Gasteiger partial charge on any atom is 0.159 e. The highest BCUT2D eigenvalue weighted by Crippen LogP contribution is 2.32. The molecule has 0 radical (unpaired) electrons. The van der Waals surface area contributed by atoms with Crippen LogP contribution in [0.1, 0.15) is 109 Å². The van der Waals surface area contributed by atoms with Crippen LogP contribution in [0.5, 0.6) is 5.75 Å². The van der Waals surface area contributed by atoms with Gasteiger partial charge in [0.1, 0.15) is 5.75 Å². The van der Waals surface area contributed by atoms with Crippen LogP contribution in [0.25, 0.3) is 11.4 Å². The van der Waals surface area contributed by atoms with Gasteiger partial charge in [-0.1, -0.05) is 84.5 Å². The van der Waals surface area contributed by atoms with Gasteiger partial charge < -0.3 is 4.74 Å². The van der Waals surface area contributed by atoms with Gasteiger partial charge in [0, 0.05) is 18.0 Å². The summed E-state index contributed by atoms with van der Waals surface area (Å²) in [4.78, 5) is 9.23. The minimum Gasteiger partial charge on any atom is -0.493 e. The molecule has 1 aromatic heterocycles. The van der Waals surface area contributed by atoms with Crippen molar-refractivity contribution >= 4 is 0 Å². The van der Waals surface area contributed by atoms with Crippen molar-refractivity contribution in [1.29, 1.82) is 0 Å². The van der Waals surface area contributed by atoms with E-state index in [-0.39, 0.29) is 0 Å². The lowest BCUT2D eigenvalue weighted by molar-refractivity contribution is 0.178. The molecule has 0 amide bonds. The van der Waals surface area contributed by atoms with E-state index in [2.05, 4.69) is 48.1 Å². The predicted octanol–water partition coefficient (Wildman–Crippen LogP) is 8.81. The third-order valence-corrected chi connectivity index (χ3v) is 7.30. The van der Waals surface area contributed by atoms with Crippen molar-refractivity contribution in [3.8, 4) is 17.1 Å². The summed E-state index contributed by atoms with van der Waals surface area (Å²) >= 11 is 0. The Labute approximate surface area is 202 Å². The number of unbranched alkanes of at least 4 members (excludes halogenated alkanes) is 7. The van der Waals surface area contributed by atoms with Crippen molar-refractivity contribution in [1.82, 2.24) is 9.97 Å². The zero-order chi connectivity index (χ0) is 23.1. The first-order valence-electron chi connectivity index (χ1n) is 13.8. The fourth-order valence-corrected chi connectivity index (χ4v) is 5.01. The highest BCUT2D eigenvalue weighted by Gasteiger charge is 2.21. The second-order valence-electron chi connectivity index (χ2n) is 10.2. The molecule has 0 atom stereocenters. The van der Waals surface area contributed by atoms with Crippen molar-refractivity contribution in [2.24, 2.45) is 11.8 Å². The van der Waals surface area contributed by atoms with Crippen LogP contribution in [-0.4, -0.2) is 16.6 Å². The Hall–Kier alpha value is -1.90. The van der Waals surface area contributed by atoms with Crippen molar-refractivity contribution in [3.63, 3.8) is 0 Å². The molecule has 1 fully saturated rings. The summed E-state index contributed by atoms with van der Waals surface area (Å²) in [7, 11) is 0. The van der Waals surface area contributed by atoms with Gasteiger partial charge in [-0.3, -0.25) is 0 Å². The van der Waals surface area contributed by atoms with Crippen LogP contribution in [0.3, 0.4) is 0 Å². The average Bonchev–Trinajstić information content (AvgIpc) is 2.87. The van der Waals surface area contributed by atoms with Crippen LogP contribution < -0.4 is 4.74 Å². The molecular formula is C30H46N2O. The first-order chi connectivity index (χ1) is 16.3. The Morgan fingerprint density at radius 3 is 2.00 bits per heavy atom. The van der Waals surface area contributed by atoms with Gasteiger partial charge >= 0.3 is 0 Å². The number of aryl methyl sites for hydroxylation is 1. The zero-order valence-electron chi connectivity index (χ0n) is 21.2. The molecular weight excluding hydrogens is 404 g/mol. The topological polar surface area (TPSA) is 35.0 Å². The molecule has 1 heterocycles. The lowest BCUT2D eigenvalue weighted by Gasteiger charge is -2.28. The highest BCUT2D eigenvalue weighted by molar-refractivity contribution is 5.55. The van der Waals surface area contributed by atoms with E-state index in [4.69, 9.17) is 4.74 Å². The van der Waals surface area contributed by atoms with Gasteiger partial charge in [0.2, 0.25) is 0 Å². The van der Waals surface area contributed by atoms with Crippen LogP contribution in [-0.2, 0) is 6.42 Å². The van der Waals surface area contributed by atoms with Crippen LogP contribution in [0, 0.1) is 11.8 Å². The Morgan fingerprint density at radius 1 is 0.727 bits per heavy atom. The van der Waals surface area contributed by atoms with E-state index in [1.54, 1.807) is 0 Å². The maximum atomic E-state index is 6.12. The van der Waals surface area contributed by atoms with Gasteiger partial charge in [-0.2, -0.15) is 0 Å². The second-order valence-corrected chi connectivity index (χ2v) is 10.2. The second kappa shape index (κ2) is 15.1. The molecule has 1 aromatic carbocycles. The van der Waals surface area contributed by atoms with E-state index in [0.717, 1.165) is 42.0 Å². The summed E-state index contributed by atoms with van der Waals surface area (Å²) in [5.41, 5.74) is 2.30. The van der Waals surface area contributed by atoms with Crippen molar-refractivity contribution in [2.45, 2.75) is 110 Å². The van der Waals surface area contributed by atoms with Crippen LogP contribution in [0.15, 0.2) is 36.7 Å². The Bertz CT molecular complexity index is 748. The highest BCUT2D eigenvalue weighted by atomic mass is 16.5. The Kier molecular flexibility index (Phi) is 11.8. The van der Waals surface area contributed by atoms with Gasteiger partial charge in [-0.05, 0) is 67.3 Å². The van der Waals surface area contributed by atoms with Crippen LogP contribution in [0.2, 0.25) is 0 Å². The molecule has 0 saturated heterocycles. The van der Waals surface area contributed by atoms with Gasteiger partial charge in [0.05, 0.1) is 6.61 Å². The van der Waals surface area contributed by atoms with E-state index in [0.29, 0.717) is 0 Å². The van der Waals surface area contributed by atoms with E-state index >= 15 is 0 Å². The summed E-state index contributed by atoms with van der Waals surface area (Å²) in [6.07, 6.45) is 24.0. The number of nitrogens with zero attached hydrogens (tertiary/aromatic N) is 2. The summed E-state index contributed by atoms with van der Waals surface area (Å²) < 4.78 is 6.12. The lowest BCUT2D eigenvalue weighted by atomic mass is 9.80. The summed E-state index contributed by atoms with van der Waals surface area (Å²) in [6, 6.07) is 8.31. The van der Waals surface area contributed by atoms with Crippen molar-refractivity contribution < 1.29 is 4.74 Å². The normalized spacial score (nSPS) is 18.4. The van der Waals surface area contributed by atoms with Crippen molar-refractivity contribution in [3.05, 3.63) is 42.2 Å². The molecule has 182 valence electrons. The first kappa shape index (κ1) is 25.7. The Morgan fingerprint density at radius 2 is 1.33 bits per heavy atom. The molecule has 0 N–H and O–H groups in total. The number of hydrogen-bond donors (Lipinski definition) is 0. The standard InChI is InChI=1S/C30H46N2O/c1-3-5-7-8-9-10-11-13-27-22-31-30(32-23-27)28-18-20-29(21-19-28)33-24-26-16-14-25(15-17-26)12-6-4-2/h18-23,25-26H,3-17,24H2,1-2H3/t25-,26-. The summed E-state index contributed by atoms with van der Waals surface area (Å²) in [5.74, 6) is 3.44. The zero-order valence-corrected chi connectivity index (χ0v) is 21.2. The molecule has 33 heavy (non-hydrogen) atoms. The summed E-state index contributed by atoms with van der Waals surface area (Å²) in [6.45, 7) is 5.42. The SMILES string of the molecule is CCCCCCCCCc1cnc(-c2ccc(OC[C@H]3CC[C@H](CCCC)CC3)cc2)nc1. The number of ether oxygens (including phenoxy) is 1. The third kappa shape index (κ3) is 9.47. The molecule has 1 aliphatic carbocycles. The molecule has 0 bridgehead atoms. The quantitative estimate of drug-likeness (QED) is 0.254. The predicted molar refractivity (Wildman–Crippen MR) is 140 cm³/mol. The van der Waals surface area contributed by atoms with Gasteiger partial charge in [0.25, 0.3) is 0 Å². The maximum absolute atomic E-state index is 6.12. The Balaban J connectivity index is 1.35. The molecule has 1 aliphatic rings. The minimum atomic E-state index is 0.717. The molecule has 3 nitrogen and oxygen atoms in total. The molecule has 0 unspecified atom stereocenters. The van der Waals surface area contributed by atoms with Crippen molar-refractivity contribution in [2.75, 3.05) is 6.61 Å². The van der Waals surface area contributed by atoms with E-state index in [9.17, 15) is 0 Å². The van der Waals surface area contributed by atoms with E-state index < -0.39 is 0 Å². The molecule has 2 aromatic rings. The fraction of sp³-hybridized carbons (Fsp3) is 0.667. The third-order valence-electron chi connectivity index (χ3n) is 7.30. The smallest absolute Gasteiger partial charge is 0.159 e. The molecule has 0 spiro atoms. The molecule has 3 rings (SSSR count). The van der Waals surface area contributed by atoms with Crippen LogP contribution in [0.4, 0.5) is 0 Å². The van der Waals surface area contributed by atoms with Gasteiger partial charge in [-0.25, -0.2) is 9.97 Å². The molecule has 0 aliphatic heterocycles. The minimum absolute atomic E-state index is 0.717. The average molecular weight is 451 g/mol.